The Balaban J connectivity index is 4.75. The normalized spacial score (nSPS) is 15.7. The molecule has 0 spiro atoms. The Morgan fingerprint density at radius 1 is 0.613 bits per heavy atom. The van der Waals surface area contributed by atoms with Gasteiger partial charge in [-0.1, -0.05) is 148 Å². The minimum Gasteiger partial charge on any atom is -0.462 e. The molecule has 350 valence electrons. The van der Waals surface area contributed by atoms with Gasteiger partial charge in [0.15, 0.2) is 6.10 Å². The molecule has 0 aliphatic heterocycles. The van der Waals surface area contributed by atoms with Crippen LogP contribution in [-0.2, 0) is 32.7 Å². The summed E-state index contributed by atoms with van der Waals surface area (Å²) in [5.41, 5.74) is 0. The van der Waals surface area contributed by atoms with Crippen LogP contribution in [0.15, 0.2) is 122 Å². The van der Waals surface area contributed by atoms with Crippen LogP contribution in [0.5, 0.6) is 0 Å². The Bertz CT molecular complexity index is 1500. The molecule has 0 aliphatic rings. The highest BCUT2D eigenvalue weighted by atomic mass is 31.2. The Hall–Kier alpha value is -3.67. The number of aliphatic hydroxyl groups is 2. The minimum atomic E-state index is -4.47. The first-order valence-electron chi connectivity index (χ1n) is 22.5. The summed E-state index contributed by atoms with van der Waals surface area (Å²) < 4.78 is 34.0. The number of esters is 2. The van der Waals surface area contributed by atoms with Crippen molar-refractivity contribution in [1.82, 2.24) is 0 Å². The molecule has 0 rings (SSSR count). The number of quaternary nitrogens is 1. The SMILES string of the molecule is CC/C=C\C/C=C\C/C=C\C/C=C\C/C=C\C/C=C\CCC(=O)OC[C@H](COP(=O)(O)OCC[N+](C)(C)C)OC(=O)CCC[C@@H](O)\C=C/C=C/C=C/[C@@H](O)C/C=C\CCCCC. The van der Waals surface area contributed by atoms with Crippen molar-refractivity contribution in [1.29, 1.82) is 0 Å². The molecular weight excluding hydrogens is 806 g/mol. The first kappa shape index (κ1) is 58.3. The van der Waals surface area contributed by atoms with E-state index in [1.54, 1.807) is 36.5 Å². The van der Waals surface area contributed by atoms with Crippen LogP contribution in [0.25, 0.3) is 0 Å². The quantitative estimate of drug-likeness (QED) is 0.0137. The molecule has 0 bridgehead atoms. The first-order valence-corrected chi connectivity index (χ1v) is 24.0. The number of hydrogen-bond donors (Lipinski definition) is 3. The van der Waals surface area contributed by atoms with Crippen LogP contribution >= 0.6 is 7.82 Å². The number of hydrogen-bond acceptors (Lipinski definition) is 9. The molecule has 11 nitrogen and oxygen atoms in total. The van der Waals surface area contributed by atoms with E-state index in [4.69, 9.17) is 18.5 Å². The number of carbonyl (C=O) groups is 2. The maximum Gasteiger partial charge on any atom is 0.472 e. The van der Waals surface area contributed by atoms with Gasteiger partial charge in [0.05, 0.1) is 40.0 Å². The Morgan fingerprint density at radius 2 is 1.16 bits per heavy atom. The minimum absolute atomic E-state index is 0.0329. The molecule has 3 N–H and O–H groups in total. The Kier molecular flexibility index (Phi) is 37.8. The molecular formula is C50H81NO10P+. The van der Waals surface area contributed by atoms with Gasteiger partial charge < -0.3 is 29.1 Å². The third-order valence-electron chi connectivity index (χ3n) is 8.68. The number of aliphatic hydroxyl groups excluding tert-OH is 2. The number of nitrogens with zero attached hydrogens (tertiary/aromatic N) is 1. The number of phosphoric acid groups is 1. The standard InChI is InChI=1S/C50H80NO10P/c1-6-8-10-12-14-15-16-17-18-19-20-21-22-23-24-25-26-28-34-40-49(54)58-44-48(45-60-62(56,57)59-43-42-51(3,4)5)61-50(55)41-35-39-47(53)38-33-30-29-32-37-46(52)36-31-27-13-11-9-7-2/h8,10,14-15,17-18,20-21,23-24,26-33,37-38,46-48,52-53H,6-7,9,11-13,16,19,22,25,34-36,39-45H2,1-5H3/p+1/b10-8-,15-14-,18-17-,21-20-,24-23-,28-26-,30-29+,31-27-,37-32+,38-33-/t46-,47-,48+/m0/s1. The van der Waals surface area contributed by atoms with E-state index < -0.39 is 44.7 Å². The predicted molar refractivity (Wildman–Crippen MR) is 254 cm³/mol. The predicted octanol–water partition coefficient (Wildman–Crippen LogP) is 10.8. The van der Waals surface area contributed by atoms with Gasteiger partial charge in [-0.15, -0.1) is 0 Å². The summed E-state index contributed by atoms with van der Waals surface area (Å²) in [5, 5.41) is 20.4. The average molecular weight is 887 g/mol. The number of allylic oxidation sites excluding steroid dienone is 17. The van der Waals surface area contributed by atoms with Crippen LogP contribution < -0.4 is 0 Å². The molecule has 0 radical (unpaired) electrons. The molecule has 0 aromatic carbocycles. The zero-order chi connectivity index (χ0) is 46.0. The van der Waals surface area contributed by atoms with Crippen molar-refractivity contribution >= 4 is 19.8 Å². The van der Waals surface area contributed by atoms with Gasteiger partial charge in [0.25, 0.3) is 0 Å². The molecule has 0 saturated heterocycles. The lowest BCUT2D eigenvalue weighted by molar-refractivity contribution is -0.870. The number of ether oxygens (including phenoxy) is 2. The summed E-state index contributed by atoms with van der Waals surface area (Å²) in [6, 6.07) is 0. The summed E-state index contributed by atoms with van der Waals surface area (Å²) in [5.74, 6) is -1.15. The molecule has 0 aromatic rings. The molecule has 0 fully saturated rings. The van der Waals surface area contributed by atoms with Gasteiger partial charge in [-0.05, 0) is 77.0 Å². The second-order valence-corrected chi connectivity index (χ2v) is 17.2. The van der Waals surface area contributed by atoms with Crippen LogP contribution in [0, 0.1) is 0 Å². The van der Waals surface area contributed by atoms with E-state index in [9.17, 15) is 29.3 Å². The lowest BCUT2D eigenvalue weighted by atomic mass is 10.1. The number of likely N-dealkylation sites (N-methyl/N-ethyl adjacent to an activating group) is 1. The van der Waals surface area contributed by atoms with Gasteiger partial charge in [0.2, 0.25) is 0 Å². The number of rotatable bonds is 38. The zero-order valence-electron chi connectivity index (χ0n) is 38.5. The maximum atomic E-state index is 12.7. The van der Waals surface area contributed by atoms with Crippen LogP contribution in [0.4, 0.5) is 0 Å². The van der Waals surface area contributed by atoms with E-state index in [0.717, 1.165) is 51.4 Å². The van der Waals surface area contributed by atoms with Crippen molar-refractivity contribution in [3.05, 3.63) is 122 Å². The van der Waals surface area contributed by atoms with Crippen molar-refractivity contribution in [2.45, 2.75) is 135 Å². The molecule has 12 heteroatoms. The van der Waals surface area contributed by atoms with Gasteiger partial charge >= 0.3 is 19.8 Å². The fraction of sp³-hybridized carbons (Fsp3) is 0.560. The molecule has 0 aliphatic carbocycles. The zero-order valence-corrected chi connectivity index (χ0v) is 39.4. The van der Waals surface area contributed by atoms with Gasteiger partial charge in [-0.25, -0.2) is 4.57 Å². The monoisotopic (exact) mass is 887 g/mol. The Labute approximate surface area is 374 Å². The van der Waals surface area contributed by atoms with Gasteiger partial charge in [-0.2, -0.15) is 0 Å². The van der Waals surface area contributed by atoms with E-state index in [-0.39, 0.29) is 32.5 Å². The van der Waals surface area contributed by atoms with Crippen LogP contribution in [0.1, 0.15) is 117 Å². The smallest absolute Gasteiger partial charge is 0.462 e. The van der Waals surface area contributed by atoms with Crippen molar-refractivity contribution in [3.63, 3.8) is 0 Å². The molecule has 0 heterocycles. The van der Waals surface area contributed by atoms with Crippen molar-refractivity contribution in [3.8, 4) is 0 Å². The fourth-order valence-corrected chi connectivity index (χ4v) is 5.86. The van der Waals surface area contributed by atoms with Gasteiger partial charge in [0.1, 0.15) is 19.8 Å². The summed E-state index contributed by atoms with van der Waals surface area (Å²) in [6.07, 6.45) is 49.0. The van der Waals surface area contributed by atoms with E-state index in [2.05, 4.69) is 80.7 Å². The third kappa shape index (κ3) is 43.0. The molecule has 0 amide bonds. The number of carbonyl (C=O) groups excluding carboxylic acids is 2. The topological polar surface area (TPSA) is 149 Å². The van der Waals surface area contributed by atoms with Crippen LogP contribution in [0.3, 0.4) is 0 Å². The van der Waals surface area contributed by atoms with E-state index in [1.807, 2.05) is 39.4 Å². The van der Waals surface area contributed by atoms with Crippen molar-refractivity contribution in [2.24, 2.45) is 0 Å². The fourth-order valence-electron chi connectivity index (χ4n) is 5.11. The second kappa shape index (κ2) is 40.1. The summed E-state index contributed by atoms with van der Waals surface area (Å²) in [4.78, 5) is 35.4. The summed E-state index contributed by atoms with van der Waals surface area (Å²) in [6.45, 7) is 3.83. The number of phosphoric ester groups is 1. The van der Waals surface area contributed by atoms with Crippen LogP contribution in [-0.4, -0.2) is 97.3 Å². The average Bonchev–Trinajstić information content (AvgIpc) is 3.21. The van der Waals surface area contributed by atoms with Crippen molar-refractivity contribution < 1.29 is 52.3 Å². The summed E-state index contributed by atoms with van der Waals surface area (Å²) in [7, 11) is 1.26. The molecule has 4 atom stereocenters. The maximum absolute atomic E-state index is 12.7. The summed E-state index contributed by atoms with van der Waals surface area (Å²) >= 11 is 0. The highest BCUT2D eigenvalue weighted by Gasteiger charge is 2.27. The molecule has 0 aromatic heterocycles. The van der Waals surface area contributed by atoms with Crippen molar-refractivity contribution in [2.75, 3.05) is 47.5 Å². The molecule has 1 unspecified atom stereocenters. The first-order chi connectivity index (χ1) is 29.8. The van der Waals surface area contributed by atoms with Gasteiger partial charge in [0, 0.05) is 12.8 Å². The molecule has 62 heavy (non-hydrogen) atoms. The lowest BCUT2D eigenvalue weighted by Crippen LogP contribution is -2.37. The highest BCUT2D eigenvalue weighted by molar-refractivity contribution is 7.47. The van der Waals surface area contributed by atoms with Gasteiger partial charge in [-0.3, -0.25) is 18.6 Å². The lowest BCUT2D eigenvalue weighted by Gasteiger charge is -2.24. The van der Waals surface area contributed by atoms with E-state index in [1.165, 1.54) is 12.8 Å². The second-order valence-electron chi connectivity index (χ2n) is 15.7. The third-order valence-corrected chi connectivity index (χ3v) is 9.66. The highest BCUT2D eigenvalue weighted by Crippen LogP contribution is 2.43. The largest absolute Gasteiger partial charge is 0.472 e. The Morgan fingerprint density at radius 3 is 1.73 bits per heavy atom. The van der Waals surface area contributed by atoms with E-state index >= 15 is 0 Å². The van der Waals surface area contributed by atoms with E-state index in [0.29, 0.717) is 30.3 Å². The number of unbranched alkanes of at least 4 members (excludes halogenated alkanes) is 3. The molecule has 0 saturated carbocycles. The van der Waals surface area contributed by atoms with Crippen LogP contribution in [0.2, 0.25) is 0 Å².